The second-order valence-electron chi connectivity index (χ2n) is 7.45. The van der Waals surface area contributed by atoms with Gasteiger partial charge in [0.15, 0.2) is 5.96 Å². The number of pyridine rings is 1. The maximum Gasteiger partial charge on any atom is 0.191 e. The molecule has 1 fully saturated rings. The first-order valence-corrected chi connectivity index (χ1v) is 9.85. The van der Waals surface area contributed by atoms with E-state index in [4.69, 9.17) is 4.74 Å². The molecule has 0 aliphatic carbocycles. The van der Waals surface area contributed by atoms with E-state index in [1.54, 1.807) is 19.6 Å². The summed E-state index contributed by atoms with van der Waals surface area (Å²) in [4.78, 5) is 15.2. The number of nitrogens with zero attached hydrogens (tertiary/aromatic N) is 5. The van der Waals surface area contributed by atoms with Crippen LogP contribution in [0.2, 0.25) is 0 Å². The lowest BCUT2D eigenvalue weighted by Crippen LogP contribution is -2.50. The van der Waals surface area contributed by atoms with Gasteiger partial charge in [-0.3, -0.25) is 14.5 Å². The third-order valence-corrected chi connectivity index (χ3v) is 4.61. The highest BCUT2D eigenvalue weighted by atomic mass is 16.5. The number of guanidine groups is 1. The molecule has 1 unspecified atom stereocenters. The van der Waals surface area contributed by atoms with Crippen LogP contribution in [0.4, 0.5) is 0 Å². The largest absolute Gasteiger partial charge is 0.374 e. The number of aromatic nitrogens is 3. The fourth-order valence-electron chi connectivity index (χ4n) is 3.31. The summed E-state index contributed by atoms with van der Waals surface area (Å²) in [6.45, 7) is 9.80. The number of hydrogen-bond acceptors (Lipinski definition) is 5. The molecule has 1 atom stereocenters. The maximum absolute atomic E-state index is 5.90. The van der Waals surface area contributed by atoms with E-state index in [2.05, 4.69) is 44.3 Å². The molecule has 1 saturated heterocycles. The first-order valence-electron chi connectivity index (χ1n) is 9.85. The van der Waals surface area contributed by atoms with Crippen molar-refractivity contribution in [1.29, 1.82) is 0 Å². The molecule has 2 N–H and O–H groups in total. The molecule has 0 amide bonds. The lowest BCUT2D eigenvalue weighted by molar-refractivity contribution is -0.0284. The summed E-state index contributed by atoms with van der Waals surface area (Å²) in [5.74, 6) is 2.29. The average molecular weight is 386 g/mol. The van der Waals surface area contributed by atoms with Crippen LogP contribution in [-0.2, 0) is 11.3 Å². The number of morpholine rings is 1. The number of imidazole rings is 1. The highest BCUT2D eigenvalue weighted by Crippen LogP contribution is 2.08. The fraction of sp³-hybridized carbons (Fsp3) is 0.550. The second kappa shape index (κ2) is 10.2. The van der Waals surface area contributed by atoms with Gasteiger partial charge in [0.05, 0.1) is 12.7 Å². The van der Waals surface area contributed by atoms with Gasteiger partial charge in [0.2, 0.25) is 0 Å². The first kappa shape index (κ1) is 20.3. The Morgan fingerprint density at radius 1 is 1.36 bits per heavy atom. The van der Waals surface area contributed by atoms with Crippen LogP contribution in [-0.4, -0.2) is 71.3 Å². The van der Waals surface area contributed by atoms with Gasteiger partial charge < -0.3 is 15.4 Å². The molecule has 0 aromatic carbocycles. The molecule has 8 nitrogen and oxygen atoms in total. The minimum atomic E-state index is 0.180. The van der Waals surface area contributed by atoms with Crippen molar-refractivity contribution in [2.75, 3.05) is 39.8 Å². The van der Waals surface area contributed by atoms with E-state index < -0.39 is 0 Å². The van der Waals surface area contributed by atoms with Crippen LogP contribution in [0.15, 0.2) is 42.0 Å². The number of aliphatic imine (C=N–C) groups is 1. The monoisotopic (exact) mass is 385 g/mol. The predicted molar refractivity (Wildman–Crippen MR) is 111 cm³/mol. The number of hydrogen-bond donors (Lipinski definition) is 2. The molecular weight excluding hydrogens is 354 g/mol. The van der Waals surface area contributed by atoms with Crippen LogP contribution in [0.1, 0.15) is 19.4 Å². The molecule has 0 bridgehead atoms. The summed E-state index contributed by atoms with van der Waals surface area (Å²) >= 11 is 0. The van der Waals surface area contributed by atoms with E-state index in [9.17, 15) is 0 Å². The molecule has 0 saturated carbocycles. The number of ether oxygens (including phenoxy) is 1. The fourth-order valence-corrected chi connectivity index (χ4v) is 3.31. The van der Waals surface area contributed by atoms with Crippen molar-refractivity contribution >= 4 is 5.96 Å². The van der Waals surface area contributed by atoms with E-state index in [0.29, 0.717) is 12.5 Å². The Morgan fingerprint density at radius 3 is 3.00 bits per heavy atom. The van der Waals surface area contributed by atoms with E-state index in [-0.39, 0.29) is 6.10 Å². The molecule has 152 valence electrons. The molecule has 0 spiro atoms. The first-order chi connectivity index (χ1) is 13.6. The molecule has 3 rings (SSSR count). The van der Waals surface area contributed by atoms with E-state index in [0.717, 1.165) is 50.1 Å². The summed E-state index contributed by atoms with van der Waals surface area (Å²) < 4.78 is 7.79. The van der Waals surface area contributed by atoms with Crippen LogP contribution in [0, 0.1) is 5.92 Å². The minimum Gasteiger partial charge on any atom is -0.374 e. The van der Waals surface area contributed by atoms with Gasteiger partial charge in [-0.2, -0.15) is 0 Å². The van der Waals surface area contributed by atoms with Crippen molar-refractivity contribution < 1.29 is 4.74 Å². The Bertz CT molecular complexity index is 745. The van der Waals surface area contributed by atoms with Crippen LogP contribution < -0.4 is 10.6 Å². The molecule has 0 radical (unpaired) electrons. The van der Waals surface area contributed by atoms with Gasteiger partial charge in [0, 0.05) is 58.4 Å². The van der Waals surface area contributed by atoms with Gasteiger partial charge in [0.1, 0.15) is 12.1 Å². The molecule has 28 heavy (non-hydrogen) atoms. The van der Waals surface area contributed by atoms with Gasteiger partial charge in [-0.1, -0.05) is 13.8 Å². The molecule has 2 aromatic rings. The zero-order chi connectivity index (χ0) is 19.8. The quantitative estimate of drug-likeness (QED) is 0.552. The van der Waals surface area contributed by atoms with Gasteiger partial charge in [-0.05, 0) is 23.6 Å². The van der Waals surface area contributed by atoms with Crippen LogP contribution in [0.3, 0.4) is 0 Å². The Morgan fingerprint density at radius 2 is 2.25 bits per heavy atom. The predicted octanol–water partition coefficient (Wildman–Crippen LogP) is 1.29. The van der Waals surface area contributed by atoms with Crippen molar-refractivity contribution in [2.45, 2.75) is 26.5 Å². The molecule has 3 heterocycles. The lowest BCUT2D eigenvalue weighted by atomic mass is 10.2. The molecule has 2 aromatic heterocycles. The normalized spacial score (nSPS) is 18.4. The van der Waals surface area contributed by atoms with Crippen molar-refractivity contribution in [3.8, 4) is 5.82 Å². The highest BCUT2D eigenvalue weighted by Gasteiger charge is 2.21. The molecule has 8 heteroatoms. The Labute approximate surface area is 167 Å². The summed E-state index contributed by atoms with van der Waals surface area (Å²) in [6.07, 6.45) is 7.36. The molecular formula is C20H31N7O. The van der Waals surface area contributed by atoms with Crippen molar-refractivity contribution in [1.82, 2.24) is 30.1 Å². The summed E-state index contributed by atoms with van der Waals surface area (Å²) in [5.41, 5.74) is 1.12. The number of nitrogens with one attached hydrogen (secondary N) is 2. The van der Waals surface area contributed by atoms with Crippen molar-refractivity contribution in [3.63, 3.8) is 0 Å². The van der Waals surface area contributed by atoms with Gasteiger partial charge in [-0.25, -0.2) is 9.97 Å². The topological polar surface area (TPSA) is 79.6 Å². The summed E-state index contributed by atoms with van der Waals surface area (Å²) in [6, 6.07) is 4.03. The smallest absolute Gasteiger partial charge is 0.191 e. The zero-order valence-corrected chi connectivity index (χ0v) is 17.0. The van der Waals surface area contributed by atoms with Crippen LogP contribution in [0.5, 0.6) is 0 Å². The van der Waals surface area contributed by atoms with E-state index >= 15 is 0 Å². The van der Waals surface area contributed by atoms with Crippen molar-refractivity contribution in [2.24, 2.45) is 10.9 Å². The van der Waals surface area contributed by atoms with E-state index in [1.807, 2.05) is 29.1 Å². The summed E-state index contributed by atoms with van der Waals surface area (Å²) in [7, 11) is 1.78. The summed E-state index contributed by atoms with van der Waals surface area (Å²) in [5, 5.41) is 6.74. The average Bonchev–Trinajstić information content (AvgIpc) is 3.23. The van der Waals surface area contributed by atoms with Gasteiger partial charge >= 0.3 is 0 Å². The van der Waals surface area contributed by atoms with Gasteiger partial charge in [0.25, 0.3) is 0 Å². The van der Waals surface area contributed by atoms with E-state index in [1.165, 1.54) is 0 Å². The highest BCUT2D eigenvalue weighted by molar-refractivity contribution is 5.79. The third kappa shape index (κ3) is 6.03. The SMILES string of the molecule is CN=C(NCc1ccnc(-n2ccnc2)c1)NCC1CN(CC(C)C)CCO1. The Balaban J connectivity index is 1.47. The molecule has 1 aliphatic rings. The van der Waals surface area contributed by atoms with Crippen LogP contribution >= 0.6 is 0 Å². The van der Waals surface area contributed by atoms with Crippen molar-refractivity contribution in [3.05, 3.63) is 42.6 Å². The third-order valence-electron chi connectivity index (χ3n) is 4.61. The zero-order valence-electron chi connectivity index (χ0n) is 17.0. The number of rotatable bonds is 7. The minimum absolute atomic E-state index is 0.180. The van der Waals surface area contributed by atoms with Gasteiger partial charge in [-0.15, -0.1) is 0 Å². The standard InChI is InChI=1S/C20H31N7O/c1-16(2)13-26-8-9-28-18(14-26)12-25-20(21-3)24-11-17-4-5-23-19(10-17)27-7-6-22-15-27/h4-7,10,15-16,18H,8-9,11-14H2,1-3H3,(H2,21,24,25). The maximum atomic E-state index is 5.90. The molecule has 1 aliphatic heterocycles. The Kier molecular flexibility index (Phi) is 7.39. The second-order valence-corrected chi connectivity index (χ2v) is 7.45. The lowest BCUT2D eigenvalue weighted by Gasteiger charge is -2.34. The van der Waals surface area contributed by atoms with Crippen LogP contribution in [0.25, 0.3) is 5.82 Å². The Hall–Kier alpha value is -2.45.